The van der Waals surface area contributed by atoms with Gasteiger partial charge in [-0.2, -0.15) is 4.98 Å². The van der Waals surface area contributed by atoms with Gasteiger partial charge in [0.25, 0.3) is 0 Å². The Balaban J connectivity index is 2.00. The minimum Gasteiger partial charge on any atom is -0.380 e. The van der Waals surface area contributed by atoms with Crippen molar-refractivity contribution in [1.82, 2.24) is 9.97 Å². The van der Waals surface area contributed by atoms with E-state index in [-0.39, 0.29) is 5.41 Å². The molecule has 0 unspecified atom stereocenters. The summed E-state index contributed by atoms with van der Waals surface area (Å²) in [7, 11) is 0. The largest absolute Gasteiger partial charge is 0.380 e. The lowest BCUT2D eigenvalue weighted by atomic mass is 9.92. The number of hydrogen-bond donors (Lipinski definition) is 1. The van der Waals surface area contributed by atoms with E-state index in [4.69, 9.17) is 11.6 Å². The molecule has 2 heterocycles. The number of hydrogen-bond acceptors (Lipinski definition) is 4. The van der Waals surface area contributed by atoms with Crippen molar-refractivity contribution in [2.75, 3.05) is 23.3 Å². The van der Waals surface area contributed by atoms with Crippen molar-refractivity contribution >= 4 is 23.1 Å². The summed E-state index contributed by atoms with van der Waals surface area (Å²) in [6, 6.07) is 0.601. The van der Waals surface area contributed by atoms with Crippen LogP contribution in [-0.2, 0) is 0 Å². The van der Waals surface area contributed by atoms with Gasteiger partial charge in [0.1, 0.15) is 0 Å². The van der Waals surface area contributed by atoms with E-state index >= 15 is 0 Å². The van der Waals surface area contributed by atoms with Crippen molar-refractivity contribution in [3.05, 3.63) is 11.5 Å². The molecule has 1 saturated carbocycles. The van der Waals surface area contributed by atoms with Gasteiger partial charge in [0.15, 0.2) is 5.82 Å². The highest BCUT2D eigenvalue weighted by Crippen LogP contribution is 2.37. The van der Waals surface area contributed by atoms with E-state index in [1.807, 2.05) is 6.20 Å². The van der Waals surface area contributed by atoms with Crippen LogP contribution < -0.4 is 10.2 Å². The summed E-state index contributed by atoms with van der Waals surface area (Å²) in [5.74, 6) is 0.984. The molecule has 0 amide bonds. The summed E-state index contributed by atoms with van der Waals surface area (Å²) >= 11 is 6.00. The second kappa shape index (κ2) is 4.82. The number of anilines is 2. The molecule has 104 valence electrons. The molecule has 0 aromatic carbocycles. The monoisotopic (exact) mass is 280 g/mol. The van der Waals surface area contributed by atoms with Crippen molar-refractivity contribution in [2.24, 2.45) is 5.41 Å². The molecule has 0 radical (unpaired) electrons. The fourth-order valence-corrected chi connectivity index (χ4v) is 3.27. The molecule has 0 spiro atoms. The summed E-state index contributed by atoms with van der Waals surface area (Å²) in [4.78, 5) is 11.0. The summed E-state index contributed by atoms with van der Waals surface area (Å²) < 4.78 is 0. The number of halogens is 1. The van der Waals surface area contributed by atoms with Crippen LogP contribution in [0.3, 0.4) is 0 Å². The van der Waals surface area contributed by atoms with Crippen LogP contribution in [0.2, 0.25) is 5.28 Å². The van der Waals surface area contributed by atoms with E-state index in [0.29, 0.717) is 11.3 Å². The molecule has 1 aliphatic carbocycles. The molecular formula is C14H21ClN4. The number of aromatic nitrogens is 2. The first-order valence-electron chi connectivity index (χ1n) is 7.08. The highest BCUT2D eigenvalue weighted by atomic mass is 35.5. The van der Waals surface area contributed by atoms with Gasteiger partial charge in [0, 0.05) is 19.1 Å². The first-order chi connectivity index (χ1) is 9.05. The smallest absolute Gasteiger partial charge is 0.224 e. The van der Waals surface area contributed by atoms with E-state index in [2.05, 4.69) is 34.0 Å². The number of nitrogens with one attached hydrogen (secondary N) is 1. The molecule has 0 bridgehead atoms. The molecule has 5 heteroatoms. The lowest BCUT2D eigenvalue weighted by molar-refractivity contribution is 0.377. The zero-order valence-electron chi connectivity index (χ0n) is 11.6. The van der Waals surface area contributed by atoms with Crippen LogP contribution in [0.25, 0.3) is 0 Å². The fraction of sp³-hybridized carbons (Fsp3) is 0.714. The van der Waals surface area contributed by atoms with E-state index < -0.39 is 0 Å². The van der Waals surface area contributed by atoms with Gasteiger partial charge in [-0.3, -0.25) is 0 Å². The molecule has 1 fully saturated rings. The number of nitrogens with zero attached hydrogens (tertiary/aromatic N) is 3. The van der Waals surface area contributed by atoms with Crippen LogP contribution in [0.5, 0.6) is 0 Å². The van der Waals surface area contributed by atoms with Gasteiger partial charge in [0.05, 0.1) is 11.9 Å². The molecule has 0 saturated heterocycles. The Morgan fingerprint density at radius 3 is 2.84 bits per heavy atom. The molecule has 4 nitrogen and oxygen atoms in total. The van der Waals surface area contributed by atoms with Crippen molar-refractivity contribution in [2.45, 2.75) is 45.6 Å². The molecule has 1 aliphatic heterocycles. The molecular weight excluding hydrogens is 260 g/mol. The van der Waals surface area contributed by atoms with Crippen molar-refractivity contribution in [3.8, 4) is 0 Å². The van der Waals surface area contributed by atoms with Gasteiger partial charge in [-0.15, -0.1) is 0 Å². The molecule has 1 aromatic heterocycles. The second-order valence-electron chi connectivity index (χ2n) is 6.46. The SMILES string of the molecule is CC1(C)CNc2cnc(Cl)nc2N(C2CCCC2)C1. The van der Waals surface area contributed by atoms with Gasteiger partial charge < -0.3 is 10.2 Å². The van der Waals surface area contributed by atoms with Crippen molar-refractivity contribution in [1.29, 1.82) is 0 Å². The van der Waals surface area contributed by atoms with Crippen LogP contribution in [0, 0.1) is 5.41 Å². The lowest BCUT2D eigenvalue weighted by Crippen LogP contribution is -2.41. The third kappa shape index (κ3) is 2.64. The topological polar surface area (TPSA) is 41.1 Å². The average Bonchev–Trinajstić information content (AvgIpc) is 2.84. The Labute approximate surface area is 119 Å². The average molecular weight is 281 g/mol. The Kier molecular flexibility index (Phi) is 3.29. The van der Waals surface area contributed by atoms with Gasteiger partial charge in [0.2, 0.25) is 5.28 Å². The van der Waals surface area contributed by atoms with Gasteiger partial charge >= 0.3 is 0 Å². The predicted molar refractivity (Wildman–Crippen MR) is 78.9 cm³/mol. The number of fused-ring (bicyclic) bond motifs is 1. The van der Waals surface area contributed by atoms with Gasteiger partial charge in [-0.25, -0.2) is 4.98 Å². The third-order valence-corrected chi connectivity index (χ3v) is 4.31. The lowest BCUT2D eigenvalue weighted by Gasteiger charge is -2.34. The van der Waals surface area contributed by atoms with Crippen LogP contribution in [-0.4, -0.2) is 29.1 Å². The third-order valence-electron chi connectivity index (χ3n) is 4.13. The molecule has 0 atom stereocenters. The predicted octanol–water partition coefficient (Wildman–Crippen LogP) is 3.33. The molecule has 19 heavy (non-hydrogen) atoms. The van der Waals surface area contributed by atoms with Crippen molar-refractivity contribution in [3.63, 3.8) is 0 Å². The summed E-state index contributed by atoms with van der Waals surface area (Å²) in [5.41, 5.74) is 1.23. The maximum Gasteiger partial charge on any atom is 0.224 e. The Hall–Kier alpha value is -1.03. The van der Waals surface area contributed by atoms with Gasteiger partial charge in [-0.1, -0.05) is 26.7 Å². The van der Waals surface area contributed by atoms with Crippen LogP contribution >= 0.6 is 11.6 Å². The fourth-order valence-electron chi connectivity index (χ4n) is 3.14. The zero-order valence-corrected chi connectivity index (χ0v) is 12.4. The Bertz CT molecular complexity index is 469. The highest BCUT2D eigenvalue weighted by molar-refractivity contribution is 6.28. The van der Waals surface area contributed by atoms with E-state index in [1.54, 1.807) is 0 Å². The maximum absolute atomic E-state index is 6.00. The summed E-state index contributed by atoms with van der Waals surface area (Å²) in [5, 5.41) is 3.81. The second-order valence-corrected chi connectivity index (χ2v) is 6.80. The first-order valence-corrected chi connectivity index (χ1v) is 7.46. The zero-order chi connectivity index (χ0) is 13.5. The highest BCUT2D eigenvalue weighted by Gasteiger charge is 2.33. The summed E-state index contributed by atoms with van der Waals surface area (Å²) in [6.45, 7) is 6.55. The van der Waals surface area contributed by atoms with Crippen molar-refractivity contribution < 1.29 is 0 Å². The van der Waals surface area contributed by atoms with Gasteiger partial charge in [-0.05, 0) is 29.9 Å². The quantitative estimate of drug-likeness (QED) is 0.801. The van der Waals surface area contributed by atoms with Crippen LogP contribution in [0.4, 0.5) is 11.5 Å². The molecule has 1 aromatic rings. The normalized spacial score (nSPS) is 22.8. The molecule has 1 N–H and O–H groups in total. The van der Waals surface area contributed by atoms with E-state index in [0.717, 1.165) is 24.6 Å². The Morgan fingerprint density at radius 1 is 1.37 bits per heavy atom. The van der Waals surface area contributed by atoms with E-state index in [9.17, 15) is 0 Å². The number of rotatable bonds is 1. The minimum absolute atomic E-state index is 0.218. The van der Waals surface area contributed by atoms with Crippen LogP contribution in [0.1, 0.15) is 39.5 Å². The standard InChI is InChI=1S/C14H21ClN4/c1-14(2)8-17-11-7-16-13(15)18-12(11)19(9-14)10-5-3-4-6-10/h7,10,17H,3-6,8-9H2,1-2H3. The minimum atomic E-state index is 0.218. The summed E-state index contributed by atoms with van der Waals surface area (Å²) in [6.07, 6.45) is 6.98. The molecule has 3 rings (SSSR count). The Morgan fingerprint density at radius 2 is 2.11 bits per heavy atom. The molecule has 2 aliphatic rings. The van der Waals surface area contributed by atoms with Crippen LogP contribution in [0.15, 0.2) is 6.20 Å². The maximum atomic E-state index is 6.00. The first kappa shape index (κ1) is 13.0. The van der Waals surface area contributed by atoms with E-state index in [1.165, 1.54) is 25.7 Å².